The van der Waals surface area contributed by atoms with Crippen molar-refractivity contribution in [2.24, 2.45) is 10.9 Å². The van der Waals surface area contributed by atoms with Crippen LogP contribution in [-0.4, -0.2) is 73.5 Å². The molecule has 0 spiro atoms. The van der Waals surface area contributed by atoms with E-state index in [0.29, 0.717) is 6.61 Å². The molecule has 2 saturated heterocycles. The van der Waals surface area contributed by atoms with Crippen molar-refractivity contribution < 1.29 is 14.3 Å². The Bertz CT molecular complexity index is 467. The van der Waals surface area contributed by atoms with Crippen LogP contribution in [0.25, 0.3) is 0 Å². The van der Waals surface area contributed by atoms with Crippen LogP contribution in [0.2, 0.25) is 0 Å². The van der Waals surface area contributed by atoms with Gasteiger partial charge in [-0.3, -0.25) is 9.59 Å². The van der Waals surface area contributed by atoms with Gasteiger partial charge in [0.05, 0.1) is 12.5 Å². The number of amides is 1. The van der Waals surface area contributed by atoms with Crippen LogP contribution >= 0.6 is 0 Å². The largest absolute Gasteiger partial charge is 0.466 e. The van der Waals surface area contributed by atoms with Crippen LogP contribution < -0.4 is 5.32 Å². The number of guanidine groups is 1. The Balaban J connectivity index is 1.87. The molecule has 0 saturated carbocycles. The lowest BCUT2D eigenvalue weighted by Gasteiger charge is -2.33. The summed E-state index contributed by atoms with van der Waals surface area (Å²) in [6, 6.07) is 0. The molecule has 7 nitrogen and oxygen atoms in total. The van der Waals surface area contributed by atoms with Gasteiger partial charge in [0.15, 0.2) is 5.96 Å². The summed E-state index contributed by atoms with van der Waals surface area (Å²) in [5.41, 5.74) is 0. The summed E-state index contributed by atoms with van der Waals surface area (Å²) in [5.74, 6) is 0.769. The van der Waals surface area contributed by atoms with E-state index in [1.807, 2.05) is 18.7 Å². The lowest BCUT2D eigenvalue weighted by Crippen LogP contribution is -2.47. The molecule has 142 valence electrons. The number of esters is 1. The highest BCUT2D eigenvalue weighted by atomic mass is 16.5. The molecule has 1 amide bonds. The summed E-state index contributed by atoms with van der Waals surface area (Å²) in [5, 5.41) is 3.27. The van der Waals surface area contributed by atoms with E-state index < -0.39 is 0 Å². The van der Waals surface area contributed by atoms with Crippen LogP contribution in [0.3, 0.4) is 0 Å². The number of rotatable bonds is 5. The monoisotopic (exact) mass is 352 g/mol. The number of piperidine rings is 2. The zero-order valence-corrected chi connectivity index (χ0v) is 15.6. The van der Waals surface area contributed by atoms with Crippen LogP contribution in [-0.2, 0) is 14.3 Å². The Morgan fingerprint density at radius 2 is 1.72 bits per heavy atom. The second kappa shape index (κ2) is 10.3. The van der Waals surface area contributed by atoms with E-state index in [1.165, 1.54) is 6.42 Å². The Kier molecular flexibility index (Phi) is 8.01. The molecule has 0 radical (unpaired) electrons. The average Bonchev–Trinajstić information content (AvgIpc) is 2.66. The summed E-state index contributed by atoms with van der Waals surface area (Å²) in [6.07, 6.45) is 4.94. The number of hydrogen-bond donors (Lipinski definition) is 1. The molecule has 0 aromatic heterocycles. The summed E-state index contributed by atoms with van der Waals surface area (Å²) in [7, 11) is 0. The minimum absolute atomic E-state index is 0.0194. The van der Waals surface area contributed by atoms with Gasteiger partial charge < -0.3 is 19.9 Å². The van der Waals surface area contributed by atoms with E-state index in [0.717, 1.165) is 64.4 Å². The van der Waals surface area contributed by atoms with Gasteiger partial charge in [0, 0.05) is 32.7 Å². The Morgan fingerprint density at radius 1 is 1.04 bits per heavy atom. The quantitative estimate of drug-likeness (QED) is 0.458. The van der Waals surface area contributed by atoms with Gasteiger partial charge in [0.25, 0.3) is 0 Å². The van der Waals surface area contributed by atoms with Crippen LogP contribution in [0, 0.1) is 5.92 Å². The number of carbonyl (C=O) groups is 2. The van der Waals surface area contributed by atoms with Crippen molar-refractivity contribution in [3.05, 3.63) is 0 Å². The van der Waals surface area contributed by atoms with Crippen LogP contribution in [0.5, 0.6) is 0 Å². The Labute approximate surface area is 150 Å². The third-order valence-electron chi connectivity index (χ3n) is 4.82. The molecule has 7 heteroatoms. The average molecular weight is 352 g/mol. The van der Waals surface area contributed by atoms with Crippen molar-refractivity contribution in [3.63, 3.8) is 0 Å². The van der Waals surface area contributed by atoms with Gasteiger partial charge in [-0.05, 0) is 46.0 Å². The predicted molar refractivity (Wildman–Crippen MR) is 97.3 cm³/mol. The predicted octanol–water partition coefficient (Wildman–Crippen LogP) is 1.24. The molecule has 2 aliphatic rings. The third kappa shape index (κ3) is 5.90. The fourth-order valence-electron chi connectivity index (χ4n) is 3.40. The van der Waals surface area contributed by atoms with Gasteiger partial charge in [-0.15, -0.1) is 0 Å². The second-order valence-electron chi connectivity index (χ2n) is 6.62. The van der Waals surface area contributed by atoms with Gasteiger partial charge in [0.1, 0.15) is 6.54 Å². The van der Waals surface area contributed by atoms with E-state index >= 15 is 0 Å². The maximum Gasteiger partial charge on any atom is 0.309 e. The Morgan fingerprint density at radius 3 is 2.32 bits per heavy atom. The van der Waals surface area contributed by atoms with E-state index in [1.54, 1.807) is 0 Å². The van der Waals surface area contributed by atoms with Crippen LogP contribution in [0.1, 0.15) is 46.0 Å². The third-order valence-corrected chi connectivity index (χ3v) is 4.82. The summed E-state index contributed by atoms with van der Waals surface area (Å²) in [6.45, 7) is 8.47. The molecule has 25 heavy (non-hydrogen) atoms. The molecule has 2 rings (SSSR count). The second-order valence-corrected chi connectivity index (χ2v) is 6.62. The normalized spacial score (nSPS) is 19.7. The molecule has 0 bridgehead atoms. The highest BCUT2D eigenvalue weighted by Gasteiger charge is 2.27. The van der Waals surface area contributed by atoms with E-state index in [-0.39, 0.29) is 24.3 Å². The number of likely N-dealkylation sites (tertiary alicyclic amines) is 2. The number of aliphatic imine (C=N–C) groups is 1. The fraction of sp³-hybridized carbons (Fsp3) is 0.833. The molecular formula is C18H32N4O3. The molecule has 2 fully saturated rings. The minimum Gasteiger partial charge on any atom is -0.466 e. The fourth-order valence-corrected chi connectivity index (χ4v) is 3.40. The molecule has 2 heterocycles. The van der Waals surface area contributed by atoms with E-state index in [9.17, 15) is 9.59 Å². The first-order chi connectivity index (χ1) is 12.2. The van der Waals surface area contributed by atoms with Crippen LogP contribution in [0.4, 0.5) is 0 Å². The van der Waals surface area contributed by atoms with E-state index in [4.69, 9.17) is 4.74 Å². The molecule has 1 N–H and O–H groups in total. The van der Waals surface area contributed by atoms with E-state index in [2.05, 4.69) is 15.2 Å². The van der Waals surface area contributed by atoms with Crippen molar-refractivity contribution in [1.82, 2.24) is 15.1 Å². The maximum absolute atomic E-state index is 12.3. The molecule has 0 unspecified atom stereocenters. The van der Waals surface area contributed by atoms with Crippen LogP contribution in [0.15, 0.2) is 4.99 Å². The standard InChI is InChI=1S/C18H32N4O3/c1-3-19-18(20-14-16(23)21-10-6-5-7-11-21)22-12-8-15(9-13-22)17(24)25-4-2/h15H,3-14H2,1-2H3,(H,19,20). The van der Waals surface area contributed by atoms with Gasteiger partial charge in [-0.2, -0.15) is 0 Å². The van der Waals surface area contributed by atoms with Crippen molar-refractivity contribution in [2.45, 2.75) is 46.0 Å². The van der Waals surface area contributed by atoms with Crippen molar-refractivity contribution in [1.29, 1.82) is 0 Å². The lowest BCUT2D eigenvalue weighted by molar-refractivity contribution is -0.149. The molecular weight excluding hydrogens is 320 g/mol. The van der Waals surface area contributed by atoms with Gasteiger partial charge in [-0.25, -0.2) is 4.99 Å². The molecule has 0 aromatic carbocycles. The Hall–Kier alpha value is -1.79. The maximum atomic E-state index is 12.3. The van der Waals surface area contributed by atoms with Gasteiger partial charge in [0.2, 0.25) is 5.91 Å². The summed E-state index contributed by atoms with van der Waals surface area (Å²) >= 11 is 0. The first-order valence-electron chi connectivity index (χ1n) is 9.63. The summed E-state index contributed by atoms with van der Waals surface area (Å²) < 4.78 is 5.12. The minimum atomic E-state index is -0.0932. The van der Waals surface area contributed by atoms with Gasteiger partial charge >= 0.3 is 5.97 Å². The number of nitrogens with zero attached hydrogens (tertiary/aromatic N) is 3. The highest BCUT2D eigenvalue weighted by Crippen LogP contribution is 2.18. The van der Waals surface area contributed by atoms with Crippen molar-refractivity contribution in [2.75, 3.05) is 45.9 Å². The molecule has 2 aliphatic heterocycles. The smallest absolute Gasteiger partial charge is 0.309 e. The summed E-state index contributed by atoms with van der Waals surface area (Å²) in [4.78, 5) is 32.8. The SMILES string of the molecule is CCNC(=NCC(=O)N1CCCCC1)N1CCC(C(=O)OCC)CC1. The number of ether oxygens (including phenoxy) is 1. The lowest BCUT2D eigenvalue weighted by atomic mass is 9.97. The van der Waals surface area contributed by atoms with Crippen molar-refractivity contribution in [3.8, 4) is 0 Å². The van der Waals surface area contributed by atoms with Gasteiger partial charge in [-0.1, -0.05) is 0 Å². The molecule has 0 atom stereocenters. The molecule has 0 aromatic rings. The van der Waals surface area contributed by atoms with Crippen molar-refractivity contribution >= 4 is 17.8 Å². The zero-order chi connectivity index (χ0) is 18.1. The topological polar surface area (TPSA) is 74.2 Å². The first-order valence-corrected chi connectivity index (χ1v) is 9.63. The first kappa shape index (κ1) is 19.5. The number of nitrogens with one attached hydrogen (secondary N) is 1. The zero-order valence-electron chi connectivity index (χ0n) is 15.6. The number of carbonyl (C=O) groups excluding carboxylic acids is 2. The molecule has 0 aliphatic carbocycles. The number of hydrogen-bond acceptors (Lipinski definition) is 4. The highest BCUT2D eigenvalue weighted by molar-refractivity contribution is 5.85.